The summed E-state index contributed by atoms with van der Waals surface area (Å²) in [6.07, 6.45) is 2.24. The molecule has 0 radical (unpaired) electrons. The van der Waals surface area contributed by atoms with Crippen LogP contribution in [-0.2, 0) is 4.79 Å². The van der Waals surface area contributed by atoms with Crippen LogP contribution < -0.4 is 4.90 Å². The summed E-state index contributed by atoms with van der Waals surface area (Å²) < 4.78 is 0. The Balaban J connectivity index is 1.73. The molecule has 1 fully saturated rings. The number of nitrogens with zero attached hydrogens (tertiary/aromatic N) is 3. The van der Waals surface area contributed by atoms with E-state index in [-0.39, 0.29) is 11.2 Å². The van der Waals surface area contributed by atoms with Crippen molar-refractivity contribution in [2.75, 3.05) is 11.4 Å². The molecule has 1 N–H and O–H groups in total. The predicted octanol–water partition coefficient (Wildman–Crippen LogP) is 2.36. The van der Waals surface area contributed by atoms with Gasteiger partial charge in [0, 0.05) is 17.3 Å². The number of aromatic amines is 1. The van der Waals surface area contributed by atoms with Crippen LogP contribution in [0.25, 0.3) is 0 Å². The Bertz CT molecular complexity index is 572. The van der Waals surface area contributed by atoms with E-state index in [0.29, 0.717) is 16.7 Å². The lowest BCUT2D eigenvalue weighted by atomic mass is 10.3. The third kappa shape index (κ3) is 2.59. The first-order chi connectivity index (χ1) is 9.24. The summed E-state index contributed by atoms with van der Waals surface area (Å²) >= 11 is 7.27. The van der Waals surface area contributed by atoms with Gasteiger partial charge in [0.2, 0.25) is 5.91 Å². The molecule has 1 aromatic heterocycles. The number of H-pyrrole nitrogens is 1. The normalized spacial score (nSPS) is 19.1. The van der Waals surface area contributed by atoms with Gasteiger partial charge < -0.3 is 4.90 Å². The molecule has 5 nitrogen and oxygen atoms in total. The van der Waals surface area contributed by atoms with Crippen molar-refractivity contribution in [2.45, 2.75) is 16.8 Å². The molecule has 0 spiro atoms. The van der Waals surface area contributed by atoms with Gasteiger partial charge >= 0.3 is 0 Å². The second-order valence-electron chi connectivity index (χ2n) is 4.15. The number of rotatable bonds is 3. The van der Waals surface area contributed by atoms with Gasteiger partial charge in [-0.05, 0) is 30.7 Å². The number of carbonyl (C=O) groups is 1. The van der Waals surface area contributed by atoms with Gasteiger partial charge in [-0.3, -0.25) is 9.89 Å². The highest BCUT2D eigenvalue weighted by atomic mass is 35.5. The number of amides is 1. The molecule has 2 aromatic rings. The average molecular weight is 295 g/mol. The smallest absolute Gasteiger partial charge is 0.240 e. The fourth-order valence-corrected chi connectivity index (χ4v) is 3.09. The fraction of sp³-hybridized carbons (Fsp3) is 0.250. The van der Waals surface area contributed by atoms with Crippen LogP contribution in [0.1, 0.15) is 6.42 Å². The molecule has 98 valence electrons. The predicted molar refractivity (Wildman–Crippen MR) is 74.4 cm³/mol. The third-order valence-corrected chi connectivity index (χ3v) is 4.34. The van der Waals surface area contributed by atoms with Crippen LogP contribution in [0.15, 0.2) is 35.7 Å². The monoisotopic (exact) mass is 294 g/mol. The van der Waals surface area contributed by atoms with Crippen LogP contribution in [0.5, 0.6) is 0 Å². The summed E-state index contributed by atoms with van der Waals surface area (Å²) in [5.74, 6) is 0.101. The van der Waals surface area contributed by atoms with Crippen molar-refractivity contribution in [1.82, 2.24) is 15.2 Å². The Hall–Kier alpha value is -1.53. The molecule has 1 aliphatic rings. The van der Waals surface area contributed by atoms with Gasteiger partial charge in [-0.15, -0.1) is 0 Å². The molecule has 0 saturated carbocycles. The number of hydrogen-bond acceptors (Lipinski definition) is 4. The van der Waals surface area contributed by atoms with Gasteiger partial charge in [-0.25, -0.2) is 4.98 Å². The molecule has 1 amide bonds. The van der Waals surface area contributed by atoms with E-state index in [1.807, 2.05) is 12.1 Å². The molecule has 2 heterocycles. The molecular formula is C12H11ClN4OS. The molecule has 0 aliphatic carbocycles. The van der Waals surface area contributed by atoms with Gasteiger partial charge in [0.1, 0.15) is 6.33 Å². The van der Waals surface area contributed by atoms with E-state index in [9.17, 15) is 4.79 Å². The molecule has 3 rings (SSSR count). The number of halogens is 1. The number of thioether (sulfide) groups is 1. The Morgan fingerprint density at radius 2 is 2.16 bits per heavy atom. The number of aromatic nitrogens is 3. The summed E-state index contributed by atoms with van der Waals surface area (Å²) in [5.41, 5.74) is 0.884. The van der Waals surface area contributed by atoms with Crippen LogP contribution in [0, 0.1) is 0 Å². The molecule has 1 aromatic carbocycles. The van der Waals surface area contributed by atoms with Crippen molar-refractivity contribution in [3.63, 3.8) is 0 Å². The summed E-state index contributed by atoms with van der Waals surface area (Å²) in [4.78, 5) is 18.1. The maximum Gasteiger partial charge on any atom is 0.240 e. The van der Waals surface area contributed by atoms with Crippen molar-refractivity contribution in [2.24, 2.45) is 0 Å². The Morgan fingerprint density at radius 3 is 2.84 bits per heavy atom. The first-order valence-corrected chi connectivity index (χ1v) is 7.09. The highest BCUT2D eigenvalue weighted by Crippen LogP contribution is 2.31. The molecule has 1 saturated heterocycles. The first-order valence-electron chi connectivity index (χ1n) is 5.83. The number of benzene rings is 1. The SMILES string of the molecule is O=C1C(Sc2ncn[nH]2)CCN1c1ccc(Cl)cc1. The molecule has 1 aliphatic heterocycles. The van der Waals surface area contributed by atoms with Crippen molar-refractivity contribution in [3.8, 4) is 0 Å². The molecule has 19 heavy (non-hydrogen) atoms. The van der Waals surface area contributed by atoms with Gasteiger partial charge in [0.25, 0.3) is 0 Å². The lowest BCUT2D eigenvalue weighted by molar-refractivity contribution is -0.116. The Labute approximate surface area is 119 Å². The van der Waals surface area contributed by atoms with E-state index in [2.05, 4.69) is 15.2 Å². The highest BCUT2D eigenvalue weighted by molar-refractivity contribution is 8.00. The van der Waals surface area contributed by atoms with Crippen LogP contribution >= 0.6 is 23.4 Å². The number of anilines is 1. The van der Waals surface area contributed by atoms with Crippen LogP contribution in [-0.4, -0.2) is 32.9 Å². The topological polar surface area (TPSA) is 61.9 Å². The maximum atomic E-state index is 12.3. The average Bonchev–Trinajstić information content (AvgIpc) is 3.03. The van der Waals surface area contributed by atoms with Gasteiger partial charge in [-0.2, -0.15) is 5.10 Å². The highest BCUT2D eigenvalue weighted by Gasteiger charge is 2.33. The van der Waals surface area contributed by atoms with E-state index in [0.717, 1.165) is 12.1 Å². The summed E-state index contributed by atoms with van der Waals surface area (Å²) in [7, 11) is 0. The first kappa shape index (κ1) is 12.5. The number of hydrogen-bond donors (Lipinski definition) is 1. The molecule has 0 bridgehead atoms. The summed E-state index contributed by atoms with van der Waals surface area (Å²) in [6, 6.07) is 7.31. The summed E-state index contributed by atoms with van der Waals surface area (Å²) in [6.45, 7) is 0.715. The van der Waals surface area contributed by atoms with E-state index >= 15 is 0 Å². The van der Waals surface area contributed by atoms with Crippen molar-refractivity contribution in [3.05, 3.63) is 35.6 Å². The summed E-state index contributed by atoms with van der Waals surface area (Å²) in [5, 5.41) is 7.78. The number of carbonyl (C=O) groups excluding carboxylic acids is 1. The Kier molecular flexibility index (Phi) is 3.44. The van der Waals surface area contributed by atoms with Crippen LogP contribution in [0.2, 0.25) is 5.02 Å². The molecular weight excluding hydrogens is 284 g/mol. The zero-order valence-electron chi connectivity index (χ0n) is 9.91. The largest absolute Gasteiger partial charge is 0.311 e. The second kappa shape index (κ2) is 5.22. The van der Waals surface area contributed by atoms with Gasteiger partial charge in [0.15, 0.2) is 5.16 Å². The second-order valence-corrected chi connectivity index (χ2v) is 5.78. The lowest BCUT2D eigenvalue weighted by Crippen LogP contribution is -2.27. The van der Waals surface area contributed by atoms with Crippen LogP contribution in [0.3, 0.4) is 0 Å². The van der Waals surface area contributed by atoms with E-state index < -0.39 is 0 Å². The minimum Gasteiger partial charge on any atom is -0.311 e. The van der Waals surface area contributed by atoms with E-state index in [4.69, 9.17) is 11.6 Å². The zero-order valence-corrected chi connectivity index (χ0v) is 11.5. The maximum absolute atomic E-state index is 12.3. The lowest BCUT2D eigenvalue weighted by Gasteiger charge is -2.16. The third-order valence-electron chi connectivity index (χ3n) is 2.94. The zero-order chi connectivity index (χ0) is 13.2. The van der Waals surface area contributed by atoms with Gasteiger partial charge in [0.05, 0.1) is 5.25 Å². The van der Waals surface area contributed by atoms with E-state index in [1.54, 1.807) is 17.0 Å². The van der Waals surface area contributed by atoms with Crippen molar-refractivity contribution >= 4 is 35.0 Å². The van der Waals surface area contributed by atoms with Crippen molar-refractivity contribution in [1.29, 1.82) is 0 Å². The molecule has 7 heteroatoms. The molecule has 1 unspecified atom stereocenters. The minimum absolute atomic E-state index is 0.101. The van der Waals surface area contributed by atoms with Gasteiger partial charge in [-0.1, -0.05) is 23.4 Å². The molecule has 1 atom stereocenters. The number of nitrogens with one attached hydrogen (secondary N) is 1. The van der Waals surface area contributed by atoms with Crippen LogP contribution in [0.4, 0.5) is 5.69 Å². The Morgan fingerprint density at radius 1 is 1.37 bits per heavy atom. The fourth-order valence-electron chi connectivity index (χ4n) is 2.03. The standard InChI is InChI=1S/C12H11ClN4OS/c13-8-1-3-9(4-2-8)17-6-5-10(11(17)18)19-12-14-7-15-16-12/h1-4,7,10H,5-6H2,(H,14,15,16). The minimum atomic E-state index is -0.108. The van der Waals surface area contributed by atoms with Crippen molar-refractivity contribution < 1.29 is 4.79 Å². The van der Waals surface area contributed by atoms with E-state index in [1.165, 1.54) is 18.1 Å². The quantitative estimate of drug-likeness (QED) is 0.944.